The monoisotopic (exact) mass is 176 g/mol. The zero-order chi connectivity index (χ0) is 9.42. The average Bonchev–Trinajstić information content (AvgIpc) is 2.41. The van der Waals surface area contributed by atoms with Gasteiger partial charge in [-0.3, -0.25) is 0 Å². The van der Waals surface area contributed by atoms with Crippen LogP contribution in [0.5, 0.6) is 0 Å². The van der Waals surface area contributed by atoms with E-state index in [1.54, 1.807) is 0 Å². The summed E-state index contributed by atoms with van der Waals surface area (Å²) in [6, 6.07) is 8.27. The van der Waals surface area contributed by atoms with Crippen molar-refractivity contribution < 1.29 is 5.11 Å². The van der Waals surface area contributed by atoms with Gasteiger partial charge in [-0.15, -0.1) is 0 Å². The Bertz CT molecular complexity index is 306. The fraction of sp³-hybridized carbons (Fsp3) is 0.500. The third-order valence-corrected chi connectivity index (χ3v) is 3.29. The molecule has 0 aliphatic heterocycles. The van der Waals surface area contributed by atoms with E-state index >= 15 is 0 Å². The van der Waals surface area contributed by atoms with E-state index in [0.717, 1.165) is 12.0 Å². The summed E-state index contributed by atoms with van der Waals surface area (Å²) in [4.78, 5) is 0. The number of hydrogen-bond donors (Lipinski definition) is 1. The first kappa shape index (κ1) is 8.76. The minimum absolute atomic E-state index is 0.249. The first-order valence-electron chi connectivity index (χ1n) is 5.02. The molecular weight excluding hydrogens is 160 g/mol. The van der Waals surface area contributed by atoms with Crippen LogP contribution in [0.1, 0.15) is 43.4 Å². The molecule has 0 radical (unpaired) electrons. The highest BCUT2D eigenvalue weighted by molar-refractivity contribution is 5.37. The number of fused-ring (bicyclic) bond motifs is 1. The summed E-state index contributed by atoms with van der Waals surface area (Å²) < 4.78 is 0. The fourth-order valence-electron chi connectivity index (χ4n) is 2.50. The Morgan fingerprint density at radius 3 is 2.46 bits per heavy atom. The van der Waals surface area contributed by atoms with Crippen LogP contribution in [0.4, 0.5) is 0 Å². The number of benzene rings is 1. The maximum atomic E-state index is 9.95. The second kappa shape index (κ2) is 3.15. The molecule has 1 N–H and O–H groups in total. The Hall–Kier alpha value is -0.820. The third kappa shape index (κ3) is 1.19. The normalized spacial score (nSPS) is 31.8. The number of hydrogen-bond acceptors (Lipinski definition) is 1. The Labute approximate surface area is 79.4 Å². The van der Waals surface area contributed by atoms with Gasteiger partial charge in [0, 0.05) is 0 Å². The molecule has 0 fully saturated rings. The number of aliphatic hydroxyl groups excluding tert-OH is 1. The molecule has 70 valence electrons. The highest BCUT2D eigenvalue weighted by Gasteiger charge is 2.34. The summed E-state index contributed by atoms with van der Waals surface area (Å²) in [5.74, 6) is 0.925. The highest BCUT2D eigenvalue weighted by atomic mass is 16.3. The molecule has 0 saturated heterocycles. The van der Waals surface area contributed by atoms with Crippen LogP contribution in [0.15, 0.2) is 24.3 Å². The highest BCUT2D eigenvalue weighted by Crippen LogP contribution is 2.46. The van der Waals surface area contributed by atoms with Gasteiger partial charge in [0.15, 0.2) is 0 Å². The van der Waals surface area contributed by atoms with E-state index in [2.05, 4.69) is 26.0 Å². The summed E-state index contributed by atoms with van der Waals surface area (Å²) in [7, 11) is 0. The molecule has 0 spiro atoms. The van der Waals surface area contributed by atoms with Crippen molar-refractivity contribution in [2.45, 2.75) is 32.3 Å². The van der Waals surface area contributed by atoms with Crippen molar-refractivity contribution in [3.8, 4) is 0 Å². The predicted molar refractivity (Wildman–Crippen MR) is 53.6 cm³/mol. The lowest BCUT2D eigenvalue weighted by molar-refractivity contribution is 0.120. The lowest BCUT2D eigenvalue weighted by Gasteiger charge is -2.15. The molecule has 1 aromatic rings. The van der Waals surface area contributed by atoms with E-state index in [4.69, 9.17) is 0 Å². The lowest BCUT2D eigenvalue weighted by Crippen LogP contribution is -2.06. The van der Waals surface area contributed by atoms with Gasteiger partial charge in [0.05, 0.1) is 6.10 Å². The molecule has 3 atom stereocenters. The van der Waals surface area contributed by atoms with Gasteiger partial charge in [-0.2, -0.15) is 0 Å². The standard InChI is InChI=1S/C12H16O/c1-3-9-8(2)12(13)11-7-5-4-6-10(9)11/h4-9,12-13H,3H2,1-2H3. The molecule has 0 saturated carbocycles. The summed E-state index contributed by atoms with van der Waals surface area (Å²) in [5.41, 5.74) is 2.49. The first-order chi connectivity index (χ1) is 6.25. The SMILES string of the molecule is CCC1c2ccccc2C(O)C1C. The van der Waals surface area contributed by atoms with Gasteiger partial charge >= 0.3 is 0 Å². The largest absolute Gasteiger partial charge is 0.388 e. The number of rotatable bonds is 1. The van der Waals surface area contributed by atoms with Gasteiger partial charge in [0.1, 0.15) is 0 Å². The Kier molecular flexibility index (Phi) is 2.12. The van der Waals surface area contributed by atoms with Crippen LogP contribution in [0.2, 0.25) is 0 Å². The Morgan fingerprint density at radius 1 is 1.23 bits per heavy atom. The Balaban J connectivity index is 2.47. The van der Waals surface area contributed by atoms with Crippen LogP contribution in [0, 0.1) is 5.92 Å². The topological polar surface area (TPSA) is 20.2 Å². The van der Waals surface area contributed by atoms with Crippen LogP contribution < -0.4 is 0 Å². The molecule has 0 aromatic heterocycles. The van der Waals surface area contributed by atoms with Crippen molar-refractivity contribution in [1.29, 1.82) is 0 Å². The molecule has 1 aromatic carbocycles. The maximum absolute atomic E-state index is 9.95. The summed E-state index contributed by atoms with van der Waals surface area (Å²) in [6.45, 7) is 4.33. The quantitative estimate of drug-likeness (QED) is 0.697. The van der Waals surface area contributed by atoms with Crippen LogP contribution >= 0.6 is 0 Å². The molecule has 1 aliphatic rings. The summed E-state index contributed by atoms with van der Waals surface area (Å²) in [6.07, 6.45) is 0.871. The molecule has 0 bridgehead atoms. The maximum Gasteiger partial charge on any atom is 0.0824 e. The van der Waals surface area contributed by atoms with E-state index in [-0.39, 0.29) is 6.10 Å². The van der Waals surface area contributed by atoms with Crippen molar-refractivity contribution in [2.24, 2.45) is 5.92 Å². The van der Waals surface area contributed by atoms with Crippen LogP contribution in [-0.4, -0.2) is 5.11 Å². The van der Waals surface area contributed by atoms with Crippen LogP contribution in [0.25, 0.3) is 0 Å². The van der Waals surface area contributed by atoms with E-state index < -0.39 is 0 Å². The van der Waals surface area contributed by atoms with Gasteiger partial charge in [0.2, 0.25) is 0 Å². The zero-order valence-corrected chi connectivity index (χ0v) is 8.20. The van der Waals surface area contributed by atoms with Gasteiger partial charge in [-0.25, -0.2) is 0 Å². The van der Waals surface area contributed by atoms with Gasteiger partial charge in [-0.1, -0.05) is 38.1 Å². The van der Waals surface area contributed by atoms with Gasteiger partial charge in [0.25, 0.3) is 0 Å². The smallest absolute Gasteiger partial charge is 0.0824 e. The Morgan fingerprint density at radius 2 is 1.85 bits per heavy atom. The second-order valence-electron chi connectivity index (χ2n) is 3.95. The summed E-state index contributed by atoms with van der Waals surface area (Å²) in [5, 5.41) is 9.95. The van der Waals surface area contributed by atoms with E-state index in [9.17, 15) is 5.11 Å². The minimum atomic E-state index is -0.249. The molecular formula is C12H16O. The second-order valence-corrected chi connectivity index (χ2v) is 3.95. The minimum Gasteiger partial charge on any atom is -0.388 e. The molecule has 0 heterocycles. The van der Waals surface area contributed by atoms with Crippen molar-refractivity contribution in [1.82, 2.24) is 0 Å². The molecule has 2 rings (SSSR count). The van der Waals surface area contributed by atoms with E-state index in [1.807, 2.05) is 12.1 Å². The van der Waals surface area contributed by atoms with Crippen molar-refractivity contribution >= 4 is 0 Å². The number of aliphatic hydroxyl groups is 1. The lowest BCUT2D eigenvalue weighted by atomic mass is 9.91. The van der Waals surface area contributed by atoms with Crippen LogP contribution in [0.3, 0.4) is 0 Å². The van der Waals surface area contributed by atoms with Crippen molar-refractivity contribution in [2.75, 3.05) is 0 Å². The molecule has 0 amide bonds. The molecule has 3 unspecified atom stereocenters. The van der Waals surface area contributed by atoms with Crippen LogP contribution in [-0.2, 0) is 0 Å². The summed E-state index contributed by atoms with van der Waals surface area (Å²) >= 11 is 0. The third-order valence-electron chi connectivity index (χ3n) is 3.29. The molecule has 1 aliphatic carbocycles. The van der Waals surface area contributed by atoms with Gasteiger partial charge in [-0.05, 0) is 29.4 Å². The molecule has 1 heteroatoms. The fourth-order valence-corrected chi connectivity index (χ4v) is 2.50. The van der Waals surface area contributed by atoms with Crippen molar-refractivity contribution in [3.63, 3.8) is 0 Å². The molecule has 1 nitrogen and oxygen atoms in total. The average molecular weight is 176 g/mol. The van der Waals surface area contributed by atoms with Crippen molar-refractivity contribution in [3.05, 3.63) is 35.4 Å². The zero-order valence-electron chi connectivity index (χ0n) is 8.20. The van der Waals surface area contributed by atoms with Gasteiger partial charge < -0.3 is 5.11 Å². The predicted octanol–water partition coefficient (Wildman–Crippen LogP) is 2.86. The first-order valence-corrected chi connectivity index (χ1v) is 5.02. The van der Waals surface area contributed by atoms with E-state index in [0.29, 0.717) is 11.8 Å². The van der Waals surface area contributed by atoms with E-state index in [1.165, 1.54) is 5.56 Å². The molecule has 13 heavy (non-hydrogen) atoms.